The molecule has 0 saturated carbocycles. The number of carboxylic acid groups (broad SMARTS) is 1. The molecule has 0 aromatic heterocycles. The molecule has 0 saturated heterocycles. The monoisotopic (exact) mass is 317 g/mol. The highest BCUT2D eigenvalue weighted by Crippen LogP contribution is 1.97. The standard InChI is InChI=1S/C8H19N3O6S2/c1-10(2)18(14,15)7-5-9-19(16,17)11(3)6-4-8(12)13/h9H,4-7H2,1-3H3,(H,12,13). The Kier molecular flexibility index (Phi) is 6.86. The van der Waals surface area contributed by atoms with Gasteiger partial charge in [-0.15, -0.1) is 0 Å². The van der Waals surface area contributed by atoms with Gasteiger partial charge in [-0.1, -0.05) is 0 Å². The van der Waals surface area contributed by atoms with Gasteiger partial charge in [0.1, 0.15) is 0 Å². The summed E-state index contributed by atoms with van der Waals surface area (Å²) in [5, 5.41) is 8.45. The number of nitrogens with zero attached hydrogens (tertiary/aromatic N) is 2. The molecule has 2 N–H and O–H groups in total. The number of nitrogens with one attached hydrogen (secondary N) is 1. The van der Waals surface area contributed by atoms with Crippen LogP contribution in [0, 0.1) is 0 Å². The fourth-order valence-corrected chi connectivity index (χ4v) is 2.73. The van der Waals surface area contributed by atoms with E-state index in [1.54, 1.807) is 0 Å². The number of hydrogen-bond acceptors (Lipinski definition) is 5. The summed E-state index contributed by atoms with van der Waals surface area (Å²) in [6.07, 6.45) is -0.326. The van der Waals surface area contributed by atoms with E-state index in [2.05, 4.69) is 4.72 Å². The Morgan fingerprint density at radius 2 is 1.68 bits per heavy atom. The number of rotatable bonds is 9. The molecule has 0 rings (SSSR count). The van der Waals surface area contributed by atoms with Gasteiger partial charge in [-0.05, 0) is 0 Å². The highest BCUT2D eigenvalue weighted by molar-refractivity contribution is 7.89. The summed E-state index contributed by atoms with van der Waals surface area (Å²) in [7, 11) is -3.43. The van der Waals surface area contributed by atoms with Crippen molar-refractivity contribution in [3.8, 4) is 0 Å². The van der Waals surface area contributed by atoms with Gasteiger partial charge in [-0.2, -0.15) is 12.7 Å². The number of hydrogen-bond donors (Lipinski definition) is 2. The molecule has 0 aliphatic carbocycles. The Bertz CT molecular complexity index is 499. The first-order valence-electron chi connectivity index (χ1n) is 5.32. The molecule has 0 aliphatic heterocycles. The van der Waals surface area contributed by atoms with E-state index >= 15 is 0 Å². The van der Waals surface area contributed by atoms with Crippen molar-refractivity contribution in [2.24, 2.45) is 0 Å². The van der Waals surface area contributed by atoms with Crippen LogP contribution in [0.3, 0.4) is 0 Å². The molecule has 9 nitrogen and oxygen atoms in total. The summed E-state index contributed by atoms with van der Waals surface area (Å²) >= 11 is 0. The summed E-state index contributed by atoms with van der Waals surface area (Å²) in [6.45, 7) is -0.467. The zero-order valence-electron chi connectivity index (χ0n) is 11.0. The molecule has 0 bridgehead atoms. The van der Waals surface area contributed by atoms with E-state index in [0.29, 0.717) is 0 Å². The summed E-state index contributed by atoms with van der Waals surface area (Å²) in [5.74, 6) is -1.48. The van der Waals surface area contributed by atoms with Gasteiger partial charge in [-0.25, -0.2) is 17.4 Å². The highest BCUT2D eigenvalue weighted by Gasteiger charge is 2.20. The van der Waals surface area contributed by atoms with Crippen LogP contribution in [0.1, 0.15) is 6.42 Å². The third kappa shape index (κ3) is 6.82. The maximum Gasteiger partial charge on any atom is 0.304 e. The molecule has 0 heterocycles. The van der Waals surface area contributed by atoms with Crippen LogP contribution in [0.15, 0.2) is 0 Å². The molecular weight excluding hydrogens is 298 g/mol. The molecule has 0 aromatic carbocycles. The third-order valence-corrected chi connectivity index (χ3v) is 5.66. The average molecular weight is 317 g/mol. The van der Waals surface area contributed by atoms with Crippen LogP contribution in [-0.4, -0.2) is 76.5 Å². The first-order valence-corrected chi connectivity index (χ1v) is 8.37. The first-order chi connectivity index (χ1) is 8.49. The molecule has 0 aromatic rings. The second-order valence-corrected chi connectivity index (χ2v) is 8.13. The van der Waals surface area contributed by atoms with Gasteiger partial charge in [-0.3, -0.25) is 4.79 Å². The van der Waals surface area contributed by atoms with Crippen molar-refractivity contribution in [3.05, 3.63) is 0 Å². The normalized spacial score (nSPS) is 13.1. The molecule has 0 atom stereocenters. The largest absolute Gasteiger partial charge is 0.481 e. The average Bonchev–Trinajstić information content (AvgIpc) is 2.24. The van der Waals surface area contributed by atoms with Crippen LogP contribution < -0.4 is 4.72 Å². The lowest BCUT2D eigenvalue weighted by molar-refractivity contribution is -0.137. The smallest absolute Gasteiger partial charge is 0.304 e. The molecule has 114 valence electrons. The fraction of sp³-hybridized carbons (Fsp3) is 0.875. The van der Waals surface area contributed by atoms with Crippen LogP contribution in [0.25, 0.3) is 0 Å². The SMILES string of the molecule is CN(C)S(=O)(=O)CCNS(=O)(=O)N(C)CCC(=O)O. The van der Waals surface area contributed by atoms with Gasteiger partial charge in [0, 0.05) is 34.2 Å². The molecular formula is C8H19N3O6S2. The number of aliphatic carboxylic acids is 1. The van der Waals surface area contributed by atoms with E-state index in [4.69, 9.17) is 5.11 Å². The van der Waals surface area contributed by atoms with Crippen LogP contribution in [0.5, 0.6) is 0 Å². The van der Waals surface area contributed by atoms with Crippen LogP contribution >= 0.6 is 0 Å². The quantitative estimate of drug-likeness (QED) is 0.513. The van der Waals surface area contributed by atoms with Gasteiger partial charge in [0.15, 0.2) is 0 Å². The lowest BCUT2D eigenvalue weighted by Crippen LogP contribution is -2.42. The molecule has 0 spiro atoms. The van der Waals surface area contributed by atoms with Crippen molar-refractivity contribution in [2.45, 2.75) is 6.42 Å². The molecule has 0 fully saturated rings. The summed E-state index contributed by atoms with van der Waals surface area (Å²) in [5.41, 5.74) is 0. The van der Waals surface area contributed by atoms with Gasteiger partial charge in [0.25, 0.3) is 10.2 Å². The minimum Gasteiger partial charge on any atom is -0.481 e. The van der Waals surface area contributed by atoms with Gasteiger partial charge in [0.2, 0.25) is 10.0 Å². The molecule has 0 aliphatic rings. The Morgan fingerprint density at radius 3 is 2.11 bits per heavy atom. The summed E-state index contributed by atoms with van der Waals surface area (Å²) < 4.78 is 49.9. The number of carboxylic acids is 1. The zero-order chi connectivity index (χ0) is 15.3. The van der Waals surface area contributed by atoms with Crippen molar-refractivity contribution in [1.29, 1.82) is 0 Å². The topological polar surface area (TPSA) is 124 Å². The van der Waals surface area contributed by atoms with Crippen molar-refractivity contribution >= 4 is 26.2 Å². The molecule has 19 heavy (non-hydrogen) atoms. The molecule has 0 radical (unpaired) electrons. The van der Waals surface area contributed by atoms with Gasteiger partial charge >= 0.3 is 5.97 Å². The summed E-state index contributed by atoms with van der Waals surface area (Å²) in [6, 6.07) is 0. The van der Waals surface area contributed by atoms with Gasteiger partial charge in [0.05, 0.1) is 12.2 Å². The highest BCUT2D eigenvalue weighted by atomic mass is 32.2. The Hall–Kier alpha value is -0.750. The number of carbonyl (C=O) groups is 1. The molecule has 11 heteroatoms. The van der Waals surface area contributed by atoms with Crippen molar-refractivity contribution in [2.75, 3.05) is 40.0 Å². The third-order valence-electron chi connectivity index (χ3n) is 2.25. The van der Waals surface area contributed by atoms with Crippen molar-refractivity contribution in [3.63, 3.8) is 0 Å². The first kappa shape index (κ1) is 18.2. The predicted molar refractivity (Wildman–Crippen MR) is 69.3 cm³/mol. The Balaban J connectivity index is 4.36. The van der Waals surface area contributed by atoms with E-state index in [0.717, 1.165) is 8.61 Å². The van der Waals surface area contributed by atoms with E-state index in [9.17, 15) is 21.6 Å². The fourth-order valence-electron chi connectivity index (χ4n) is 0.966. The zero-order valence-corrected chi connectivity index (χ0v) is 12.7. The minimum atomic E-state index is -3.87. The maximum absolute atomic E-state index is 11.6. The predicted octanol–water partition coefficient (Wildman–Crippen LogP) is -1.88. The van der Waals surface area contributed by atoms with Crippen molar-refractivity contribution in [1.82, 2.24) is 13.3 Å². The number of sulfonamides is 1. The Labute approximate surface area is 113 Å². The van der Waals surface area contributed by atoms with Crippen LogP contribution in [0.4, 0.5) is 0 Å². The van der Waals surface area contributed by atoms with Gasteiger partial charge < -0.3 is 5.11 Å². The molecule has 0 unspecified atom stereocenters. The second-order valence-electron chi connectivity index (χ2n) is 3.96. The van der Waals surface area contributed by atoms with E-state index in [1.165, 1.54) is 21.1 Å². The summed E-state index contributed by atoms with van der Waals surface area (Å²) in [4.78, 5) is 10.3. The Morgan fingerprint density at radius 1 is 1.16 bits per heavy atom. The lowest BCUT2D eigenvalue weighted by atomic mass is 10.4. The van der Waals surface area contributed by atoms with E-state index in [-0.39, 0.29) is 25.3 Å². The minimum absolute atomic E-state index is 0.189. The molecule has 0 amide bonds. The lowest BCUT2D eigenvalue weighted by Gasteiger charge is -2.17. The second kappa shape index (κ2) is 7.14. The van der Waals surface area contributed by atoms with Crippen molar-refractivity contribution < 1.29 is 26.7 Å². The van der Waals surface area contributed by atoms with Crippen LogP contribution in [-0.2, 0) is 25.0 Å². The van der Waals surface area contributed by atoms with E-state index < -0.39 is 26.2 Å². The van der Waals surface area contributed by atoms with E-state index in [1.807, 2.05) is 0 Å². The maximum atomic E-state index is 11.6. The van der Waals surface area contributed by atoms with Crippen LogP contribution in [0.2, 0.25) is 0 Å².